The predicted octanol–water partition coefficient (Wildman–Crippen LogP) is 3.81. The van der Waals surface area contributed by atoms with Crippen molar-refractivity contribution in [3.8, 4) is 11.5 Å². The minimum Gasteiger partial charge on any atom is -0.449 e. The van der Waals surface area contributed by atoms with Crippen LogP contribution < -0.4 is 9.47 Å². The maximum absolute atomic E-state index is 12.3. The number of carbonyl (C=O) groups excluding carboxylic acids is 1. The van der Waals surface area contributed by atoms with Crippen LogP contribution in [-0.4, -0.2) is 41.3 Å². The Kier molecular flexibility index (Phi) is 5.56. The molecular weight excluding hydrogens is 350 g/mol. The highest BCUT2D eigenvalue weighted by molar-refractivity contribution is 9.09. The molecule has 0 saturated heterocycles. The Morgan fingerprint density at radius 3 is 2.36 bits per heavy atom. The first-order valence-corrected chi connectivity index (χ1v) is 8.47. The lowest BCUT2D eigenvalue weighted by atomic mass is 10.2. The first-order chi connectivity index (χ1) is 10.4. The molecule has 6 heteroatoms. The summed E-state index contributed by atoms with van der Waals surface area (Å²) in [5.74, 6) is 1.41. The van der Waals surface area contributed by atoms with Gasteiger partial charge in [0.05, 0.1) is 6.54 Å². The molecule has 1 amide bonds. The molecule has 0 spiro atoms. The lowest BCUT2D eigenvalue weighted by Gasteiger charge is -2.28. The summed E-state index contributed by atoms with van der Waals surface area (Å²) in [6, 6.07) is 7.49. The molecule has 0 unspecified atom stereocenters. The van der Waals surface area contributed by atoms with Gasteiger partial charge in [-0.1, -0.05) is 28.1 Å². The second-order valence-corrected chi connectivity index (χ2v) is 6.87. The Balaban J connectivity index is 1.97. The van der Waals surface area contributed by atoms with E-state index in [0.29, 0.717) is 24.6 Å². The van der Waals surface area contributed by atoms with Gasteiger partial charge in [0, 0.05) is 11.9 Å². The molecule has 1 heterocycles. The summed E-state index contributed by atoms with van der Waals surface area (Å²) in [5, 5.41) is 0.818. The van der Waals surface area contributed by atoms with Crippen molar-refractivity contribution in [3.05, 3.63) is 24.3 Å². The Morgan fingerprint density at radius 2 is 1.86 bits per heavy atom. The van der Waals surface area contributed by atoms with E-state index in [4.69, 9.17) is 14.2 Å². The van der Waals surface area contributed by atoms with Gasteiger partial charge in [-0.3, -0.25) is 0 Å². The van der Waals surface area contributed by atoms with Crippen molar-refractivity contribution in [2.24, 2.45) is 0 Å². The number of benzene rings is 1. The second kappa shape index (κ2) is 7.22. The summed E-state index contributed by atoms with van der Waals surface area (Å²) in [5.41, 5.74) is -0.524. The van der Waals surface area contributed by atoms with Crippen LogP contribution in [0.1, 0.15) is 27.2 Å². The summed E-state index contributed by atoms with van der Waals surface area (Å²) < 4.78 is 16.9. The number of hydrogen-bond donors (Lipinski definition) is 0. The minimum atomic E-state index is -0.524. The van der Waals surface area contributed by atoms with Crippen LogP contribution in [0.25, 0.3) is 0 Å². The summed E-state index contributed by atoms with van der Waals surface area (Å²) in [4.78, 5) is 13.9. The highest BCUT2D eigenvalue weighted by atomic mass is 79.9. The number of carbonyl (C=O) groups is 1. The third kappa shape index (κ3) is 4.80. The van der Waals surface area contributed by atoms with Gasteiger partial charge in [0.1, 0.15) is 5.60 Å². The maximum atomic E-state index is 12.3. The first-order valence-electron chi connectivity index (χ1n) is 7.35. The van der Waals surface area contributed by atoms with Crippen LogP contribution in [0.5, 0.6) is 11.5 Å². The number of hydrogen-bond acceptors (Lipinski definition) is 4. The molecule has 0 bridgehead atoms. The number of fused-ring (bicyclic) bond motifs is 1. The van der Waals surface area contributed by atoms with Gasteiger partial charge >= 0.3 is 6.09 Å². The topological polar surface area (TPSA) is 48.0 Å². The number of ether oxygens (including phenoxy) is 3. The molecule has 0 aromatic heterocycles. The summed E-state index contributed by atoms with van der Waals surface area (Å²) >= 11 is 3.38. The number of amides is 1. The smallest absolute Gasteiger partial charge is 0.410 e. The van der Waals surface area contributed by atoms with Gasteiger partial charge in [-0.15, -0.1) is 0 Å². The van der Waals surface area contributed by atoms with E-state index in [9.17, 15) is 4.79 Å². The molecule has 1 aliphatic rings. The fourth-order valence-electron chi connectivity index (χ4n) is 2.04. The molecule has 22 heavy (non-hydrogen) atoms. The molecule has 0 atom stereocenters. The fraction of sp³-hybridized carbons (Fsp3) is 0.562. The van der Waals surface area contributed by atoms with Gasteiger partial charge < -0.3 is 19.1 Å². The van der Waals surface area contributed by atoms with Gasteiger partial charge in [-0.25, -0.2) is 4.79 Å². The van der Waals surface area contributed by atoms with E-state index in [0.717, 1.165) is 11.8 Å². The van der Waals surface area contributed by atoms with Crippen LogP contribution in [-0.2, 0) is 4.74 Å². The Bertz CT molecular complexity index is 490. The summed E-state index contributed by atoms with van der Waals surface area (Å²) in [6.45, 7) is 6.47. The Hall–Kier alpha value is -1.43. The largest absolute Gasteiger partial charge is 0.449 e. The van der Waals surface area contributed by atoms with E-state index in [1.807, 2.05) is 45.0 Å². The van der Waals surface area contributed by atoms with E-state index in [-0.39, 0.29) is 6.09 Å². The average Bonchev–Trinajstić information content (AvgIpc) is 2.83. The number of nitrogens with zero attached hydrogens (tertiary/aromatic N) is 1. The van der Waals surface area contributed by atoms with Crippen LogP contribution in [0.15, 0.2) is 24.3 Å². The standard InChI is InChI=1S/C16H22BrNO4/c1-16(2,3)22-15(19)18(10-6-9-17)11-14-20-12-7-4-5-8-13(12)21-14/h4-5,7-8,14H,6,9-11H2,1-3H3. The highest BCUT2D eigenvalue weighted by Gasteiger charge is 2.29. The van der Waals surface area contributed by atoms with Crippen LogP contribution in [0.3, 0.4) is 0 Å². The van der Waals surface area contributed by atoms with Gasteiger partial charge in [-0.05, 0) is 39.3 Å². The molecule has 0 N–H and O–H groups in total. The Morgan fingerprint density at radius 1 is 1.27 bits per heavy atom. The SMILES string of the molecule is CC(C)(C)OC(=O)N(CCCBr)CC1Oc2ccccc2O1. The fourth-order valence-corrected chi connectivity index (χ4v) is 2.29. The van der Waals surface area contributed by atoms with Gasteiger partial charge in [0.15, 0.2) is 11.5 Å². The Labute approximate surface area is 139 Å². The molecule has 0 aliphatic carbocycles. The van der Waals surface area contributed by atoms with Crippen molar-refractivity contribution >= 4 is 22.0 Å². The third-order valence-electron chi connectivity index (χ3n) is 2.95. The van der Waals surface area contributed by atoms with Crippen molar-refractivity contribution in [1.82, 2.24) is 4.90 Å². The van der Waals surface area contributed by atoms with E-state index >= 15 is 0 Å². The van der Waals surface area contributed by atoms with E-state index in [1.165, 1.54) is 0 Å². The molecule has 0 radical (unpaired) electrons. The molecule has 0 fully saturated rings. The molecule has 1 aliphatic heterocycles. The average molecular weight is 372 g/mol. The monoisotopic (exact) mass is 371 g/mol. The van der Waals surface area contributed by atoms with E-state index in [2.05, 4.69) is 15.9 Å². The maximum Gasteiger partial charge on any atom is 0.410 e. The summed E-state index contributed by atoms with van der Waals surface area (Å²) in [7, 11) is 0. The number of halogens is 1. The lowest BCUT2D eigenvalue weighted by molar-refractivity contribution is -0.0106. The molecule has 5 nitrogen and oxygen atoms in total. The molecule has 0 saturated carbocycles. The van der Waals surface area contributed by atoms with Crippen LogP contribution in [0.4, 0.5) is 4.79 Å². The quantitative estimate of drug-likeness (QED) is 0.738. The minimum absolute atomic E-state index is 0.330. The van der Waals surface area contributed by atoms with E-state index < -0.39 is 11.9 Å². The van der Waals surface area contributed by atoms with Gasteiger partial charge in [0.2, 0.25) is 0 Å². The van der Waals surface area contributed by atoms with Crippen molar-refractivity contribution in [1.29, 1.82) is 0 Å². The second-order valence-electron chi connectivity index (χ2n) is 6.08. The van der Waals surface area contributed by atoms with Crippen LogP contribution >= 0.6 is 15.9 Å². The van der Waals surface area contributed by atoms with Crippen LogP contribution in [0, 0.1) is 0 Å². The zero-order valence-electron chi connectivity index (χ0n) is 13.2. The van der Waals surface area contributed by atoms with Gasteiger partial charge in [-0.2, -0.15) is 0 Å². The summed E-state index contributed by atoms with van der Waals surface area (Å²) in [6.07, 6.45) is -0.0179. The normalized spacial score (nSPS) is 14.0. The molecule has 122 valence electrons. The van der Waals surface area contributed by atoms with Crippen molar-refractivity contribution in [3.63, 3.8) is 0 Å². The van der Waals surface area contributed by atoms with Gasteiger partial charge in [0.25, 0.3) is 6.29 Å². The lowest BCUT2D eigenvalue weighted by Crippen LogP contribution is -2.43. The predicted molar refractivity (Wildman–Crippen MR) is 87.7 cm³/mol. The third-order valence-corrected chi connectivity index (χ3v) is 3.51. The van der Waals surface area contributed by atoms with Crippen LogP contribution in [0.2, 0.25) is 0 Å². The van der Waals surface area contributed by atoms with Crippen molar-refractivity contribution < 1.29 is 19.0 Å². The first kappa shape index (κ1) is 16.9. The molecule has 1 aromatic carbocycles. The molecule has 1 aromatic rings. The number of alkyl halides is 1. The highest BCUT2D eigenvalue weighted by Crippen LogP contribution is 2.34. The zero-order valence-corrected chi connectivity index (χ0v) is 14.8. The molecular formula is C16H22BrNO4. The zero-order chi connectivity index (χ0) is 16.2. The van der Waals surface area contributed by atoms with Crippen molar-refractivity contribution in [2.75, 3.05) is 18.4 Å². The number of para-hydroxylation sites is 2. The van der Waals surface area contributed by atoms with E-state index in [1.54, 1.807) is 4.90 Å². The molecule has 2 rings (SSSR count). The number of rotatable bonds is 5. The van der Waals surface area contributed by atoms with Crippen molar-refractivity contribution in [2.45, 2.75) is 39.1 Å².